The molecule has 0 aliphatic carbocycles. The topological polar surface area (TPSA) is 77.1 Å². The summed E-state index contributed by atoms with van der Waals surface area (Å²) in [6.07, 6.45) is 0.151. The van der Waals surface area contributed by atoms with Gasteiger partial charge in [-0.2, -0.15) is 0 Å². The molecule has 28 heavy (non-hydrogen) atoms. The van der Waals surface area contributed by atoms with Crippen LogP contribution in [0.2, 0.25) is 0 Å². The molecule has 2 aromatic carbocycles. The van der Waals surface area contributed by atoms with Crippen LogP contribution in [0.25, 0.3) is 0 Å². The van der Waals surface area contributed by atoms with Gasteiger partial charge >= 0.3 is 0 Å². The zero-order valence-electron chi connectivity index (χ0n) is 16.2. The highest BCUT2D eigenvalue weighted by Crippen LogP contribution is 2.36. The van der Waals surface area contributed by atoms with Crippen LogP contribution in [0.5, 0.6) is 17.2 Å². The Bertz CT molecular complexity index is 850. The first-order chi connectivity index (χ1) is 13.5. The molecule has 1 aliphatic rings. The van der Waals surface area contributed by atoms with Crippen molar-refractivity contribution in [1.29, 1.82) is 0 Å². The Kier molecular flexibility index (Phi) is 6.03. The Balaban J connectivity index is 1.69. The molecular weight excluding hydrogens is 360 g/mol. The number of anilines is 2. The van der Waals surface area contributed by atoms with E-state index >= 15 is 0 Å². The van der Waals surface area contributed by atoms with Crippen molar-refractivity contribution in [3.8, 4) is 17.2 Å². The van der Waals surface area contributed by atoms with Crippen molar-refractivity contribution < 1.29 is 23.8 Å². The second kappa shape index (κ2) is 8.65. The maximum atomic E-state index is 12.6. The lowest BCUT2D eigenvalue weighted by Gasteiger charge is -2.20. The van der Waals surface area contributed by atoms with Crippen LogP contribution in [0.15, 0.2) is 42.5 Å². The molecule has 0 bridgehead atoms. The Morgan fingerprint density at radius 3 is 2.46 bits per heavy atom. The predicted molar refractivity (Wildman–Crippen MR) is 106 cm³/mol. The highest BCUT2D eigenvalue weighted by Gasteiger charge is 2.36. The molecule has 148 valence electrons. The lowest BCUT2D eigenvalue weighted by Crippen LogP contribution is -2.28. The monoisotopic (exact) mass is 384 g/mol. The Morgan fingerprint density at radius 2 is 1.82 bits per heavy atom. The first-order valence-electron chi connectivity index (χ1n) is 9.11. The third-order valence-corrected chi connectivity index (χ3v) is 4.61. The molecule has 1 aliphatic heterocycles. The minimum absolute atomic E-state index is 0.115. The van der Waals surface area contributed by atoms with Crippen LogP contribution in [0, 0.1) is 5.92 Å². The summed E-state index contributed by atoms with van der Waals surface area (Å²) < 4.78 is 16.0. The van der Waals surface area contributed by atoms with E-state index in [1.54, 1.807) is 54.5 Å². The van der Waals surface area contributed by atoms with Gasteiger partial charge in [0.05, 0.1) is 32.4 Å². The van der Waals surface area contributed by atoms with Gasteiger partial charge in [-0.15, -0.1) is 0 Å². The van der Waals surface area contributed by atoms with Gasteiger partial charge in [-0.05, 0) is 43.3 Å². The zero-order chi connectivity index (χ0) is 20.1. The molecule has 1 heterocycles. The Labute approximate surface area is 164 Å². The molecule has 0 saturated carbocycles. The van der Waals surface area contributed by atoms with Crippen molar-refractivity contribution in [2.24, 2.45) is 5.92 Å². The zero-order valence-corrected chi connectivity index (χ0v) is 16.2. The van der Waals surface area contributed by atoms with E-state index in [2.05, 4.69) is 5.32 Å². The molecule has 0 radical (unpaired) electrons. The highest BCUT2D eigenvalue weighted by atomic mass is 16.5. The van der Waals surface area contributed by atoms with Crippen molar-refractivity contribution in [2.75, 3.05) is 37.6 Å². The molecule has 3 rings (SSSR count). The number of carbonyl (C=O) groups excluding carboxylic acids is 2. The number of ether oxygens (including phenoxy) is 3. The number of benzene rings is 2. The summed E-state index contributed by atoms with van der Waals surface area (Å²) in [6.45, 7) is 2.79. The van der Waals surface area contributed by atoms with Crippen LogP contribution in [0.1, 0.15) is 13.3 Å². The summed E-state index contributed by atoms with van der Waals surface area (Å²) in [7, 11) is 3.10. The quantitative estimate of drug-likeness (QED) is 0.794. The van der Waals surface area contributed by atoms with Gasteiger partial charge in [0.15, 0.2) is 0 Å². The fourth-order valence-corrected chi connectivity index (χ4v) is 3.17. The van der Waals surface area contributed by atoms with Crippen LogP contribution in [0.4, 0.5) is 11.4 Å². The SMILES string of the molecule is CCOc1ccc(NC(=O)[C@H]2CC(=O)N(c3ccc(OC)cc3OC)C2)cc1. The average Bonchev–Trinajstić information content (AvgIpc) is 3.10. The van der Waals surface area contributed by atoms with Gasteiger partial charge in [0, 0.05) is 24.7 Å². The van der Waals surface area contributed by atoms with Crippen LogP contribution in [0.3, 0.4) is 0 Å². The van der Waals surface area contributed by atoms with Gasteiger partial charge in [0.1, 0.15) is 17.2 Å². The first kappa shape index (κ1) is 19.5. The lowest BCUT2D eigenvalue weighted by atomic mass is 10.1. The van der Waals surface area contributed by atoms with E-state index in [-0.39, 0.29) is 18.2 Å². The number of amides is 2. The number of hydrogen-bond acceptors (Lipinski definition) is 5. The number of hydrogen-bond donors (Lipinski definition) is 1. The van der Waals surface area contributed by atoms with Crippen molar-refractivity contribution >= 4 is 23.2 Å². The van der Waals surface area contributed by atoms with E-state index in [1.165, 1.54) is 7.11 Å². The Hall–Kier alpha value is -3.22. The highest BCUT2D eigenvalue weighted by molar-refractivity contribution is 6.04. The molecule has 0 spiro atoms. The molecule has 1 saturated heterocycles. The molecule has 7 heteroatoms. The summed E-state index contributed by atoms with van der Waals surface area (Å²) in [5, 5.41) is 2.87. The van der Waals surface area contributed by atoms with Gasteiger partial charge in [-0.3, -0.25) is 9.59 Å². The second-order valence-electron chi connectivity index (χ2n) is 6.39. The standard InChI is InChI=1S/C21H24N2O5/c1-4-28-16-7-5-15(6-8-16)22-21(25)14-11-20(24)23(13-14)18-10-9-17(26-2)12-19(18)27-3/h5-10,12,14H,4,11,13H2,1-3H3,(H,22,25)/t14-/m0/s1. The fraction of sp³-hybridized carbons (Fsp3) is 0.333. The molecule has 2 aromatic rings. The number of nitrogens with zero attached hydrogens (tertiary/aromatic N) is 1. The minimum Gasteiger partial charge on any atom is -0.497 e. The predicted octanol–water partition coefficient (Wildman–Crippen LogP) is 3.09. The third-order valence-electron chi connectivity index (χ3n) is 4.61. The van der Waals surface area contributed by atoms with Crippen LogP contribution >= 0.6 is 0 Å². The van der Waals surface area contributed by atoms with E-state index in [0.717, 1.165) is 5.75 Å². The van der Waals surface area contributed by atoms with E-state index in [0.29, 0.717) is 36.0 Å². The van der Waals surface area contributed by atoms with Gasteiger partial charge in [-0.1, -0.05) is 0 Å². The van der Waals surface area contributed by atoms with Crippen LogP contribution in [-0.4, -0.2) is 39.2 Å². The summed E-state index contributed by atoms with van der Waals surface area (Å²) in [5.41, 5.74) is 1.30. The van der Waals surface area contributed by atoms with Crippen molar-refractivity contribution in [2.45, 2.75) is 13.3 Å². The second-order valence-corrected chi connectivity index (χ2v) is 6.39. The van der Waals surface area contributed by atoms with Crippen LogP contribution < -0.4 is 24.4 Å². The third kappa shape index (κ3) is 4.19. The van der Waals surface area contributed by atoms with Gasteiger partial charge in [-0.25, -0.2) is 0 Å². The minimum atomic E-state index is -0.439. The van der Waals surface area contributed by atoms with Gasteiger partial charge < -0.3 is 24.4 Å². The summed E-state index contributed by atoms with van der Waals surface area (Å²) in [6, 6.07) is 12.4. The van der Waals surface area contributed by atoms with Gasteiger partial charge in [0.25, 0.3) is 0 Å². The number of methoxy groups -OCH3 is 2. The molecular formula is C21H24N2O5. The van der Waals surface area contributed by atoms with E-state index in [1.807, 2.05) is 6.92 Å². The molecule has 7 nitrogen and oxygen atoms in total. The smallest absolute Gasteiger partial charge is 0.229 e. The molecule has 1 fully saturated rings. The number of carbonyl (C=O) groups is 2. The largest absolute Gasteiger partial charge is 0.497 e. The van der Waals surface area contributed by atoms with Crippen molar-refractivity contribution in [3.63, 3.8) is 0 Å². The fourth-order valence-electron chi connectivity index (χ4n) is 3.17. The van der Waals surface area contributed by atoms with E-state index in [4.69, 9.17) is 14.2 Å². The first-order valence-corrected chi connectivity index (χ1v) is 9.11. The van der Waals surface area contributed by atoms with Crippen LogP contribution in [-0.2, 0) is 9.59 Å². The normalized spacial score (nSPS) is 16.0. The maximum Gasteiger partial charge on any atom is 0.229 e. The lowest BCUT2D eigenvalue weighted by molar-refractivity contribution is -0.122. The number of rotatable bonds is 7. The summed E-state index contributed by atoms with van der Waals surface area (Å²) >= 11 is 0. The van der Waals surface area contributed by atoms with E-state index in [9.17, 15) is 9.59 Å². The maximum absolute atomic E-state index is 12.6. The van der Waals surface area contributed by atoms with Crippen molar-refractivity contribution in [1.82, 2.24) is 0 Å². The van der Waals surface area contributed by atoms with E-state index < -0.39 is 5.92 Å². The molecule has 2 amide bonds. The summed E-state index contributed by atoms with van der Waals surface area (Å²) in [4.78, 5) is 26.7. The molecule has 0 aromatic heterocycles. The average molecular weight is 384 g/mol. The number of nitrogens with one attached hydrogen (secondary N) is 1. The molecule has 1 N–H and O–H groups in total. The van der Waals surface area contributed by atoms with Crippen molar-refractivity contribution in [3.05, 3.63) is 42.5 Å². The Morgan fingerprint density at radius 1 is 1.11 bits per heavy atom. The molecule has 0 unspecified atom stereocenters. The van der Waals surface area contributed by atoms with Gasteiger partial charge in [0.2, 0.25) is 11.8 Å². The summed E-state index contributed by atoms with van der Waals surface area (Å²) in [5.74, 6) is 1.17. The molecule has 1 atom stereocenters.